The van der Waals surface area contributed by atoms with E-state index in [9.17, 15) is 0 Å². The minimum atomic E-state index is 0.655. The Morgan fingerprint density at radius 2 is 2.10 bits per heavy atom. The summed E-state index contributed by atoms with van der Waals surface area (Å²) in [6.45, 7) is 6.92. The third-order valence-electron chi connectivity index (χ3n) is 3.83. The Labute approximate surface area is 125 Å². The lowest BCUT2D eigenvalue weighted by atomic mass is 10.2. The normalized spacial score (nSPS) is 18.2. The average Bonchev–Trinajstić information content (AvgIpc) is 2.55. The van der Waals surface area contributed by atoms with E-state index in [2.05, 4.69) is 31.7 Å². The Balaban J connectivity index is 1.76. The van der Waals surface area contributed by atoms with Gasteiger partial charge in [-0.25, -0.2) is 9.97 Å². The van der Waals surface area contributed by atoms with Crippen molar-refractivity contribution >= 4 is 11.8 Å². The maximum Gasteiger partial charge on any atom is 0.218 e. The fourth-order valence-corrected chi connectivity index (χ4v) is 2.72. The minimum absolute atomic E-state index is 0.655. The van der Waals surface area contributed by atoms with Gasteiger partial charge in [0.05, 0.1) is 6.61 Å². The third-order valence-corrected chi connectivity index (χ3v) is 3.83. The Hall–Kier alpha value is -1.85. The van der Waals surface area contributed by atoms with Crippen molar-refractivity contribution in [3.8, 4) is 5.88 Å². The van der Waals surface area contributed by atoms with Crippen LogP contribution in [0.4, 0.5) is 5.82 Å². The van der Waals surface area contributed by atoms with Gasteiger partial charge in [0.15, 0.2) is 0 Å². The number of rotatable bonds is 5. The Kier molecular flexibility index (Phi) is 4.52. The van der Waals surface area contributed by atoms with Crippen molar-refractivity contribution in [1.29, 1.82) is 0 Å². The molecule has 21 heavy (non-hydrogen) atoms. The molecular formula is C15H23N5O. The molecule has 114 valence electrons. The molecule has 2 aliphatic heterocycles. The molecule has 0 spiro atoms. The zero-order valence-corrected chi connectivity index (χ0v) is 12.7. The second-order valence-corrected chi connectivity index (χ2v) is 5.44. The lowest BCUT2D eigenvalue weighted by molar-refractivity contribution is 0.297. The highest BCUT2D eigenvalue weighted by Gasteiger charge is 2.27. The highest BCUT2D eigenvalue weighted by Crippen LogP contribution is 2.22. The van der Waals surface area contributed by atoms with E-state index >= 15 is 0 Å². The lowest BCUT2D eigenvalue weighted by Gasteiger charge is -2.40. The molecule has 0 amide bonds. The van der Waals surface area contributed by atoms with Gasteiger partial charge in [-0.05, 0) is 19.3 Å². The topological polar surface area (TPSA) is 53.9 Å². The molecule has 0 unspecified atom stereocenters. The van der Waals surface area contributed by atoms with E-state index in [1.165, 1.54) is 0 Å². The number of nitrogens with zero attached hydrogens (tertiary/aromatic N) is 5. The van der Waals surface area contributed by atoms with Crippen molar-refractivity contribution < 1.29 is 4.74 Å². The van der Waals surface area contributed by atoms with Crippen LogP contribution in [0.15, 0.2) is 17.4 Å². The van der Waals surface area contributed by atoms with Crippen LogP contribution in [-0.4, -0.2) is 53.6 Å². The van der Waals surface area contributed by atoms with Gasteiger partial charge in [-0.2, -0.15) is 0 Å². The van der Waals surface area contributed by atoms with Gasteiger partial charge in [0.25, 0.3) is 0 Å². The van der Waals surface area contributed by atoms with Crippen LogP contribution >= 0.6 is 0 Å². The van der Waals surface area contributed by atoms with E-state index in [1.54, 1.807) is 6.33 Å². The predicted molar refractivity (Wildman–Crippen MR) is 82.9 cm³/mol. The summed E-state index contributed by atoms with van der Waals surface area (Å²) in [5.74, 6) is 2.61. The number of anilines is 1. The standard InChI is InChI=1S/C15H23N5O/c1-2-3-10-21-14-11-13(17-12-18-14)20-9-5-8-19-7-4-6-16-15(19)20/h11-12H,2-10H2,1H3. The molecule has 6 nitrogen and oxygen atoms in total. The molecule has 0 aromatic carbocycles. The average molecular weight is 289 g/mol. The fourth-order valence-electron chi connectivity index (χ4n) is 2.72. The van der Waals surface area contributed by atoms with Gasteiger partial charge in [-0.3, -0.25) is 9.89 Å². The Bertz CT molecular complexity index is 505. The van der Waals surface area contributed by atoms with Crippen LogP contribution in [0, 0.1) is 0 Å². The summed E-state index contributed by atoms with van der Waals surface area (Å²) in [4.78, 5) is 17.8. The van der Waals surface area contributed by atoms with Crippen LogP contribution in [0.3, 0.4) is 0 Å². The minimum Gasteiger partial charge on any atom is -0.478 e. The molecule has 0 radical (unpaired) electrons. The fraction of sp³-hybridized carbons (Fsp3) is 0.667. The van der Waals surface area contributed by atoms with Crippen LogP contribution in [0.2, 0.25) is 0 Å². The lowest BCUT2D eigenvalue weighted by Crippen LogP contribution is -2.52. The largest absolute Gasteiger partial charge is 0.478 e. The number of ether oxygens (including phenoxy) is 1. The summed E-state index contributed by atoms with van der Waals surface area (Å²) >= 11 is 0. The smallest absolute Gasteiger partial charge is 0.218 e. The second kappa shape index (κ2) is 6.74. The van der Waals surface area contributed by atoms with Gasteiger partial charge >= 0.3 is 0 Å². The zero-order chi connectivity index (χ0) is 14.5. The van der Waals surface area contributed by atoms with E-state index < -0.39 is 0 Å². The molecule has 0 N–H and O–H groups in total. The van der Waals surface area contributed by atoms with E-state index in [0.29, 0.717) is 12.5 Å². The Morgan fingerprint density at radius 3 is 3.00 bits per heavy atom. The maximum absolute atomic E-state index is 5.68. The molecule has 0 aliphatic carbocycles. The number of hydrogen-bond donors (Lipinski definition) is 0. The van der Waals surface area contributed by atoms with Crippen LogP contribution in [0.25, 0.3) is 0 Å². The summed E-state index contributed by atoms with van der Waals surface area (Å²) in [5.41, 5.74) is 0. The molecule has 1 aromatic heterocycles. The number of unbranched alkanes of at least 4 members (excludes halogenated alkanes) is 1. The first-order valence-corrected chi connectivity index (χ1v) is 7.90. The number of hydrogen-bond acceptors (Lipinski definition) is 6. The van der Waals surface area contributed by atoms with Gasteiger partial charge in [0.1, 0.15) is 12.1 Å². The molecule has 2 aliphatic rings. The van der Waals surface area contributed by atoms with Gasteiger partial charge in [0, 0.05) is 32.2 Å². The molecule has 1 saturated heterocycles. The number of guanidine groups is 1. The molecular weight excluding hydrogens is 266 g/mol. The summed E-state index contributed by atoms with van der Waals surface area (Å²) in [6.07, 6.45) is 6.03. The number of aliphatic imine (C=N–C) groups is 1. The van der Waals surface area contributed by atoms with Gasteiger partial charge < -0.3 is 9.64 Å². The summed E-state index contributed by atoms with van der Waals surface area (Å²) in [5, 5.41) is 0. The molecule has 6 heteroatoms. The van der Waals surface area contributed by atoms with Gasteiger partial charge in [-0.1, -0.05) is 13.3 Å². The van der Waals surface area contributed by atoms with E-state index in [0.717, 1.165) is 63.6 Å². The van der Waals surface area contributed by atoms with Gasteiger partial charge in [-0.15, -0.1) is 0 Å². The molecule has 1 fully saturated rings. The summed E-state index contributed by atoms with van der Waals surface area (Å²) in [6, 6.07) is 1.93. The molecule has 1 aromatic rings. The van der Waals surface area contributed by atoms with Crippen molar-refractivity contribution in [2.45, 2.75) is 32.6 Å². The van der Waals surface area contributed by atoms with Crippen LogP contribution in [0.1, 0.15) is 32.6 Å². The van der Waals surface area contributed by atoms with Crippen LogP contribution in [-0.2, 0) is 0 Å². The SMILES string of the molecule is CCCCOc1cc(N2CCCN3CCCN=C32)ncn1. The second-order valence-electron chi connectivity index (χ2n) is 5.44. The van der Waals surface area contributed by atoms with E-state index in [1.807, 2.05) is 6.07 Å². The van der Waals surface area contributed by atoms with Crippen molar-refractivity contribution in [1.82, 2.24) is 14.9 Å². The molecule has 0 bridgehead atoms. The van der Waals surface area contributed by atoms with E-state index in [-0.39, 0.29) is 0 Å². The third kappa shape index (κ3) is 3.25. The first-order chi connectivity index (χ1) is 10.4. The maximum atomic E-state index is 5.68. The first kappa shape index (κ1) is 14.1. The van der Waals surface area contributed by atoms with Crippen molar-refractivity contribution in [3.05, 3.63) is 12.4 Å². The van der Waals surface area contributed by atoms with Crippen LogP contribution < -0.4 is 9.64 Å². The monoisotopic (exact) mass is 289 g/mol. The van der Waals surface area contributed by atoms with Crippen molar-refractivity contribution in [2.24, 2.45) is 4.99 Å². The molecule has 0 atom stereocenters. The predicted octanol–water partition coefficient (Wildman–Crippen LogP) is 1.93. The summed E-state index contributed by atoms with van der Waals surface area (Å²) in [7, 11) is 0. The van der Waals surface area contributed by atoms with E-state index in [4.69, 9.17) is 4.74 Å². The molecule has 0 saturated carbocycles. The van der Waals surface area contributed by atoms with Crippen molar-refractivity contribution in [3.63, 3.8) is 0 Å². The highest BCUT2D eigenvalue weighted by atomic mass is 16.5. The first-order valence-electron chi connectivity index (χ1n) is 7.90. The zero-order valence-electron chi connectivity index (χ0n) is 12.7. The molecule has 3 rings (SSSR count). The van der Waals surface area contributed by atoms with Crippen molar-refractivity contribution in [2.75, 3.05) is 37.7 Å². The highest BCUT2D eigenvalue weighted by molar-refractivity contribution is 5.96. The Morgan fingerprint density at radius 1 is 1.19 bits per heavy atom. The number of aromatic nitrogens is 2. The summed E-state index contributed by atoms with van der Waals surface area (Å²) < 4.78 is 5.68. The molecule has 3 heterocycles. The van der Waals surface area contributed by atoms with Gasteiger partial charge in [0.2, 0.25) is 11.8 Å². The quantitative estimate of drug-likeness (QED) is 0.775. The van der Waals surface area contributed by atoms with Crippen LogP contribution in [0.5, 0.6) is 5.88 Å². The number of fused-ring (bicyclic) bond motifs is 1.